The van der Waals surface area contributed by atoms with Crippen LogP contribution in [0.5, 0.6) is 0 Å². The van der Waals surface area contributed by atoms with Crippen molar-refractivity contribution in [2.24, 2.45) is 5.92 Å². The molecule has 1 N–H and O–H groups in total. The SMILES string of the molecule is COC(=O)CC(NC(=O)C1CCCN(C(=O)c2ccc(Cl)c(Cl)c2)C1)c1cccs1. The monoisotopic (exact) mass is 468 g/mol. The number of carbonyl (C=O) groups excluding carboxylic acids is 3. The van der Waals surface area contributed by atoms with Crippen LogP contribution in [0.1, 0.15) is 40.5 Å². The van der Waals surface area contributed by atoms with Gasteiger partial charge in [0.2, 0.25) is 5.91 Å². The summed E-state index contributed by atoms with van der Waals surface area (Å²) in [5, 5.41) is 5.56. The Balaban J connectivity index is 1.67. The smallest absolute Gasteiger partial charge is 0.307 e. The van der Waals surface area contributed by atoms with Crippen molar-refractivity contribution in [2.75, 3.05) is 20.2 Å². The van der Waals surface area contributed by atoms with Gasteiger partial charge in [-0.05, 0) is 42.5 Å². The summed E-state index contributed by atoms with van der Waals surface area (Å²) in [6.45, 7) is 0.875. The Bertz CT molecular complexity index is 920. The molecule has 1 aromatic carbocycles. The number of methoxy groups -OCH3 is 1. The zero-order chi connectivity index (χ0) is 21.7. The normalized spacial score (nSPS) is 17.3. The van der Waals surface area contributed by atoms with E-state index in [0.717, 1.165) is 4.88 Å². The van der Waals surface area contributed by atoms with Gasteiger partial charge < -0.3 is 15.0 Å². The van der Waals surface area contributed by atoms with Crippen LogP contribution in [-0.2, 0) is 14.3 Å². The van der Waals surface area contributed by atoms with Crippen molar-refractivity contribution >= 4 is 52.3 Å². The van der Waals surface area contributed by atoms with Crippen molar-refractivity contribution in [2.45, 2.75) is 25.3 Å². The summed E-state index contributed by atoms with van der Waals surface area (Å²) in [5.74, 6) is -1.11. The second-order valence-electron chi connectivity index (χ2n) is 7.08. The van der Waals surface area contributed by atoms with Crippen LogP contribution in [0.3, 0.4) is 0 Å². The Hall–Kier alpha value is -2.09. The van der Waals surface area contributed by atoms with E-state index in [4.69, 9.17) is 27.9 Å². The number of piperidine rings is 1. The summed E-state index contributed by atoms with van der Waals surface area (Å²) >= 11 is 13.4. The molecule has 2 atom stereocenters. The van der Waals surface area contributed by atoms with Gasteiger partial charge in [-0.15, -0.1) is 11.3 Å². The van der Waals surface area contributed by atoms with Crippen molar-refractivity contribution in [3.8, 4) is 0 Å². The highest BCUT2D eigenvalue weighted by atomic mass is 35.5. The molecule has 2 aromatic rings. The number of nitrogens with one attached hydrogen (secondary N) is 1. The second-order valence-corrected chi connectivity index (χ2v) is 8.87. The number of hydrogen-bond acceptors (Lipinski definition) is 5. The molecule has 30 heavy (non-hydrogen) atoms. The average Bonchev–Trinajstić information content (AvgIpc) is 3.29. The number of amides is 2. The molecule has 1 aliphatic heterocycles. The summed E-state index contributed by atoms with van der Waals surface area (Å²) in [6, 6.07) is 8.05. The maximum Gasteiger partial charge on any atom is 0.307 e. The minimum absolute atomic E-state index is 0.0569. The first-order chi connectivity index (χ1) is 14.4. The minimum Gasteiger partial charge on any atom is -0.469 e. The number of halogens is 2. The lowest BCUT2D eigenvalue weighted by Crippen LogP contribution is -2.46. The quantitative estimate of drug-likeness (QED) is 0.640. The molecule has 0 saturated carbocycles. The molecule has 1 saturated heterocycles. The first-order valence-electron chi connectivity index (χ1n) is 9.54. The number of ether oxygens (including phenoxy) is 1. The average molecular weight is 469 g/mol. The Kier molecular flexibility index (Phi) is 7.75. The van der Waals surface area contributed by atoms with Crippen molar-refractivity contribution in [3.05, 3.63) is 56.2 Å². The third-order valence-corrected chi connectivity index (χ3v) is 6.77. The lowest BCUT2D eigenvalue weighted by Gasteiger charge is -2.33. The lowest BCUT2D eigenvalue weighted by atomic mass is 9.95. The highest BCUT2D eigenvalue weighted by Gasteiger charge is 2.31. The molecule has 9 heteroatoms. The summed E-state index contributed by atoms with van der Waals surface area (Å²) in [4.78, 5) is 40.1. The van der Waals surface area contributed by atoms with Crippen LogP contribution < -0.4 is 5.32 Å². The van der Waals surface area contributed by atoms with Gasteiger partial charge in [-0.25, -0.2) is 0 Å². The fraction of sp³-hybridized carbons (Fsp3) is 0.381. The van der Waals surface area contributed by atoms with Crippen molar-refractivity contribution in [1.29, 1.82) is 0 Å². The predicted octanol–water partition coefficient (Wildman–Crippen LogP) is 4.33. The van der Waals surface area contributed by atoms with Crippen molar-refractivity contribution in [3.63, 3.8) is 0 Å². The Labute approximate surface area is 189 Å². The standard InChI is InChI=1S/C21H22Cl2N2O4S/c1-29-19(26)11-17(18-5-3-9-30-18)24-20(27)14-4-2-8-25(12-14)21(28)13-6-7-15(22)16(23)10-13/h3,5-7,9-10,14,17H,2,4,8,11-12H2,1H3,(H,24,27). The Morgan fingerprint density at radius 3 is 2.73 bits per heavy atom. The molecule has 3 rings (SSSR count). The fourth-order valence-electron chi connectivity index (χ4n) is 3.44. The zero-order valence-electron chi connectivity index (χ0n) is 16.4. The largest absolute Gasteiger partial charge is 0.469 e. The summed E-state index contributed by atoms with van der Waals surface area (Å²) in [6.07, 6.45) is 1.44. The highest BCUT2D eigenvalue weighted by molar-refractivity contribution is 7.10. The fourth-order valence-corrected chi connectivity index (χ4v) is 4.52. The van der Waals surface area contributed by atoms with Crippen LogP contribution in [0, 0.1) is 5.92 Å². The maximum absolute atomic E-state index is 12.9. The molecule has 0 spiro atoms. The van der Waals surface area contributed by atoms with E-state index in [9.17, 15) is 14.4 Å². The van der Waals surface area contributed by atoms with Crippen molar-refractivity contribution < 1.29 is 19.1 Å². The van der Waals surface area contributed by atoms with Gasteiger partial charge in [0.05, 0.1) is 35.5 Å². The predicted molar refractivity (Wildman–Crippen MR) is 117 cm³/mol. The summed E-state index contributed by atoms with van der Waals surface area (Å²) < 4.78 is 4.76. The third kappa shape index (κ3) is 5.53. The number of likely N-dealkylation sites (tertiary alicyclic amines) is 1. The molecule has 0 bridgehead atoms. The lowest BCUT2D eigenvalue weighted by molar-refractivity contribution is -0.141. The van der Waals surface area contributed by atoms with E-state index in [1.165, 1.54) is 18.4 Å². The van der Waals surface area contributed by atoms with Crippen LogP contribution in [0.15, 0.2) is 35.7 Å². The van der Waals surface area contributed by atoms with E-state index >= 15 is 0 Å². The minimum atomic E-state index is -0.453. The molecule has 2 unspecified atom stereocenters. The van der Waals surface area contributed by atoms with Crippen LogP contribution in [0.4, 0.5) is 0 Å². The van der Waals surface area contributed by atoms with Gasteiger partial charge in [0.25, 0.3) is 5.91 Å². The van der Waals surface area contributed by atoms with Crippen LogP contribution >= 0.6 is 34.5 Å². The van der Waals surface area contributed by atoms with E-state index in [0.29, 0.717) is 41.5 Å². The zero-order valence-corrected chi connectivity index (χ0v) is 18.7. The number of rotatable bonds is 6. The molecule has 2 heterocycles. The van der Waals surface area contributed by atoms with E-state index in [2.05, 4.69) is 5.32 Å². The number of nitrogens with zero attached hydrogens (tertiary/aromatic N) is 1. The van der Waals surface area contributed by atoms with Gasteiger partial charge in [0.15, 0.2) is 0 Å². The number of benzene rings is 1. The van der Waals surface area contributed by atoms with Crippen LogP contribution in [-0.4, -0.2) is 42.9 Å². The first-order valence-corrected chi connectivity index (χ1v) is 11.2. The van der Waals surface area contributed by atoms with E-state index in [1.807, 2.05) is 17.5 Å². The molecular weight excluding hydrogens is 447 g/mol. The molecular formula is C21H22Cl2N2O4S. The topological polar surface area (TPSA) is 75.7 Å². The Morgan fingerprint density at radius 2 is 2.07 bits per heavy atom. The van der Waals surface area contributed by atoms with Gasteiger partial charge in [-0.2, -0.15) is 0 Å². The highest BCUT2D eigenvalue weighted by Crippen LogP contribution is 2.27. The molecule has 6 nitrogen and oxygen atoms in total. The molecule has 1 aromatic heterocycles. The van der Waals surface area contributed by atoms with Crippen LogP contribution in [0.2, 0.25) is 10.0 Å². The molecule has 0 aliphatic carbocycles. The number of carbonyl (C=O) groups is 3. The molecule has 2 amide bonds. The molecule has 1 fully saturated rings. The van der Waals surface area contributed by atoms with Gasteiger partial charge in [0, 0.05) is 23.5 Å². The molecule has 0 radical (unpaired) electrons. The van der Waals surface area contributed by atoms with E-state index in [-0.39, 0.29) is 24.2 Å². The van der Waals surface area contributed by atoms with Gasteiger partial charge in [-0.1, -0.05) is 29.3 Å². The summed E-state index contributed by atoms with van der Waals surface area (Å²) in [5.41, 5.74) is 0.438. The number of esters is 1. The number of hydrogen-bond donors (Lipinski definition) is 1. The first kappa shape index (κ1) is 22.6. The van der Waals surface area contributed by atoms with Gasteiger partial charge >= 0.3 is 5.97 Å². The van der Waals surface area contributed by atoms with E-state index < -0.39 is 12.0 Å². The van der Waals surface area contributed by atoms with Crippen LogP contribution in [0.25, 0.3) is 0 Å². The maximum atomic E-state index is 12.9. The molecule has 160 valence electrons. The second kappa shape index (κ2) is 10.3. The third-order valence-electron chi connectivity index (χ3n) is 5.05. The van der Waals surface area contributed by atoms with E-state index in [1.54, 1.807) is 23.1 Å². The van der Waals surface area contributed by atoms with Gasteiger partial charge in [-0.3, -0.25) is 14.4 Å². The molecule has 1 aliphatic rings. The number of thiophene rings is 1. The Morgan fingerprint density at radius 1 is 1.27 bits per heavy atom. The van der Waals surface area contributed by atoms with Gasteiger partial charge in [0.1, 0.15) is 0 Å². The van der Waals surface area contributed by atoms with Crippen molar-refractivity contribution in [1.82, 2.24) is 10.2 Å². The summed E-state index contributed by atoms with van der Waals surface area (Å²) in [7, 11) is 1.32.